The zero-order chi connectivity index (χ0) is 13.0. The quantitative estimate of drug-likeness (QED) is 0.570. The topological polar surface area (TPSA) is 87.0 Å². The molecular weight excluding hydrogens is 292 g/mol. The molecular formula is C11H13BrO5. The SMILES string of the molecule is COC(=O)c1ccc(O)c(C(O)C(O)CBr)c1. The fraction of sp³-hybridized carbons (Fsp3) is 0.364. The van der Waals surface area contributed by atoms with E-state index in [1.807, 2.05) is 0 Å². The van der Waals surface area contributed by atoms with E-state index in [9.17, 15) is 20.1 Å². The largest absolute Gasteiger partial charge is 0.508 e. The van der Waals surface area contributed by atoms with Crippen LogP contribution < -0.4 is 0 Å². The lowest BCUT2D eigenvalue weighted by Crippen LogP contribution is -2.20. The van der Waals surface area contributed by atoms with Gasteiger partial charge in [0.25, 0.3) is 0 Å². The molecule has 0 aliphatic rings. The molecule has 0 aliphatic heterocycles. The van der Waals surface area contributed by atoms with Crippen molar-refractivity contribution in [1.29, 1.82) is 0 Å². The molecule has 2 unspecified atom stereocenters. The molecule has 0 saturated carbocycles. The summed E-state index contributed by atoms with van der Waals surface area (Å²) in [5.41, 5.74) is 0.279. The molecule has 3 N–H and O–H groups in total. The number of hydrogen-bond donors (Lipinski definition) is 3. The van der Waals surface area contributed by atoms with Gasteiger partial charge in [0.1, 0.15) is 11.9 Å². The van der Waals surface area contributed by atoms with E-state index < -0.39 is 18.2 Å². The number of carbonyl (C=O) groups excluding carboxylic acids is 1. The van der Waals surface area contributed by atoms with Crippen LogP contribution in [0.25, 0.3) is 0 Å². The molecule has 1 aromatic carbocycles. The summed E-state index contributed by atoms with van der Waals surface area (Å²) in [6.07, 6.45) is -2.35. The van der Waals surface area contributed by atoms with E-state index in [4.69, 9.17) is 0 Å². The first-order chi connectivity index (χ1) is 8.01. The number of alkyl halides is 1. The smallest absolute Gasteiger partial charge is 0.337 e. The number of phenolic OH excluding ortho intramolecular Hbond substituents is 1. The van der Waals surface area contributed by atoms with Crippen molar-refractivity contribution in [2.24, 2.45) is 0 Å². The number of methoxy groups -OCH3 is 1. The number of halogens is 1. The van der Waals surface area contributed by atoms with Gasteiger partial charge in [-0.25, -0.2) is 4.79 Å². The van der Waals surface area contributed by atoms with Crippen molar-refractivity contribution in [3.8, 4) is 5.75 Å². The Hall–Kier alpha value is -1.11. The number of carbonyl (C=O) groups is 1. The lowest BCUT2D eigenvalue weighted by molar-refractivity contribution is 0.0326. The average Bonchev–Trinajstić information content (AvgIpc) is 2.36. The molecule has 0 bridgehead atoms. The number of aliphatic hydroxyl groups is 2. The molecule has 0 saturated heterocycles. The maximum Gasteiger partial charge on any atom is 0.337 e. The molecule has 94 valence electrons. The summed E-state index contributed by atoms with van der Waals surface area (Å²) in [5.74, 6) is -0.767. The Morgan fingerprint density at radius 3 is 2.65 bits per heavy atom. The maximum absolute atomic E-state index is 11.3. The number of benzene rings is 1. The normalized spacial score (nSPS) is 14.1. The van der Waals surface area contributed by atoms with Crippen molar-refractivity contribution < 1.29 is 24.9 Å². The van der Waals surface area contributed by atoms with Crippen LogP contribution in [0.3, 0.4) is 0 Å². The summed E-state index contributed by atoms with van der Waals surface area (Å²) >= 11 is 3.02. The van der Waals surface area contributed by atoms with Crippen LogP contribution in [0.15, 0.2) is 18.2 Å². The van der Waals surface area contributed by atoms with Gasteiger partial charge < -0.3 is 20.1 Å². The lowest BCUT2D eigenvalue weighted by atomic mass is 10.0. The summed E-state index contributed by atoms with van der Waals surface area (Å²) in [5, 5.41) is 28.9. The van der Waals surface area contributed by atoms with Crippen LogP contribution in [0.4, 0.5) is 0 Å². The molecule has 0 spiro atoms. The molecule has 0 fully saturated rings. The van der Waals surface area contributed by atoms with Gasteiger partial charge in [0.2, 0.25) is 0 Å². The van der Waals surface area contributed by atoms with Crippen molar-refractivity contribution >= 4 is 21.9 Å². The first-order valence-electron chi connectivity index (χ1n) is 4.84. The number of esters is 1. The Labute approximate surface area is 107 Å². The average molecular weight is 305 g/mol. The highest BCUT2D eigenvalue weighted by atomic mass is 79.9. The van der Waals surface area contributed by atoms with E-state index in [2.05, 4.69) is 20.7 Å². The Kier molecular flexibility index (Phi) is 4.92. The van der Waals surface area contributed by atoms with Gasteiger partial charge in [0.15, 0.2) is 0 Å². The lowest BCUT2D eigenvalue weighted by Gasteiger charge is -2.17. The highest BCUT2D eigenvalue weighted by Gasteiger charge is 2.21. The number of aliphatic hydroxyl groups excluding tert-OH is 2. The Balaban J connectivity index is 3.10. The third kappa shape index (κ3) is 3.18. The second-order valence-corrected chi connectivity index (χ2v) is 4.08. The second kappa shape index (κ2) is 6.00. The summed E-state index contributed by atoms with van der Waals surface area (Å²) in [7, 11) is 1.23. The Morgan fingerprint density at radius 1 is 1.47 bits per heavy atom. The van der Waals surface area contributed by atoms with Crippen LogP contribution in [0.2, 0.25) is 0 Å². The van der Waals surface area contributed by atoms with Crippen LogP contribution >= 0.6 is 15.9 Å². The molecule has 0 amide bonds. The maximum atomic E-state index is 11.3. The number of aromatic hydroxyl groups is 1. The van der Waals surface area contributed by atoms with E-state index in [0.29, 0.717) is 0 Å². The van der Waals surface area contributed by atoms with Crippen molar-refractivity contribution in [1.82, 2.24) is 0 Å². The minimum absolute atomic E-state index is 0.0832. The van der Waals surface area contributed by atoms with E-state index >= 15 is 0 Å². The standard InChI is InChI=1S/C11H13BrO5/c1-17-11(16)6-2-3-8(13)7(4-6)10(15)9(14)5-12/h2-4,9-10,13-15H,5H2,1H3. The van der Waals surface area contributed by atoms with Gasteiger partial charge in [-0.15, -0.1) is 0 Å². The van der Waals surface area contributed by atoms with Crippen LogP contribution in [-0.2, 0) is 4.74 Å². The van der Waals surface area contributed by atoms with Crippen LogP contribution in [-0.4, -0.2) is 39.8 Å². The van der Waals surface area contributed by atoms with Crippen molar-refractivity contribution in [3.05, 3.63) is 29.3 Å². The molecule has 2 atom stereocenters. The van der Waals surface area contributed by atoms with E-state index in [1.54, 1.807) is 0 Å². The number of hydrogen-bond acceptors (Lipinski definition) is 5. The molecule has 6 heteroatoms. The third-order valence-corrected chi connectivity index (χ3v) is 2.95. The summed E-state index contributed by atoms with van der Waals surface area (Å²) in [4.78, 5) is 11.3. The second-order valence-electron chi connectivity index (χ2n) is 3.43. The zero-order valence-corrected chi connectivity index (χ0v) is 10.7. The number of phenols is 1. The molecule has 0 heterocycles. The zero-order valence-electron chi connectivity index (χ0n) is 9.13. The molecule has 0 radical (unpaired) electrons. The molecule has 17 heavy (non-hydrogen) atoms. The first kappa shape index (κ1) is 14.0. The van der Waals surface area contributed by atoms with Crippen LogP contribution in [0, 0.1) is 0 Å². The monoisotopic (exact) mass is 304 g/mol. The van der Waals surface area contributed by atoms with E-state index in [1.165, 1.54) is 25.3 Å². The van der Waals surface area contributed by atoms with E-state index in [0.717, 1.165) is 0 Å². The minimum Gasteiger partial charge on any atom is -0.508 e. The fourth-order valence-electron chi connectivity index (χ4n) is 1.33. The summed E-state index contributed by atoms with van der Waals surface area (Å²) in [6, 6.07) is 3.93. The fourth-order valence-corrected chi connectivity index (χ4v) is 1.68. The van der Waals surface area contributed by atoms with Gasteiger partial charge in [0, 0.05) is 10.9 Å². The number of ether oxygens (including phenoxy) is 1. The van der Waals surface area contributed by atoms with Crippen molar-refractivity contribution in [2.45, 2.75) is 12.2 Å². The van der Waals surface area contributed by atoms with E-state index in [-0.39, 0.29) is 22.2 Å². The summed E-state index contributed by atoms with van der Waals surface area (Å²) in [6.45, 7) is 0. The first-order valence-corrected chi connectivity index (χ1v) is 5.96. The molecule has 1 rings (SSSR count). The van der Waals surface area contributed by atoms with Gasteiger partial charge in [0.05, 0.1) is 18.8 Å². The van der Waals surface area contributed by atoms with Crippen LogP contribution in [0.1, 0.15) is 22.0 Å². The Morgan fingerprint density at radius 2 is 2.12 bits per heavy atom. The van der Waals surface area contributed by atoms with Gasteiger partial charge in [-0.3, -0.25) is 0 Å². The Bertz CT molecular complexity index is 407. The van der Waals surface area contributed by atoms with Gasteiger partial charge in [-0.1, -0.05) is 15.9 Å². The van der Waals surface area contributed by atoms with Gasteiger partial charge >= 0.3 is 5.97 Å². The molecule has 5 nitrogen and oxygen atoms in total. The van der Waals surface area contributed by atoms with Gasteiger partial charge in [-0.05, 0) is 18.2 Å². The number of rotatable bonds is 4. The third-order valence-electron chi connectivity index (χ3n) is 2.29. The molecule has 0 aromatic heterocycles. The van der Waals surface area contributed by atoms with Crippen LogP contribution in [0.5, 0.6) is 5.75 Å². The predicted molar refractivity (Wildman–Crippen MR) is 64.2 cm³/mol. The predicted octanol–water partition coefficient (Wildman–Crippen LogP) is 0.968. The van der Waals surface area contributed by atoms with Crippen molar-refractivity contribution in [2.75, 3.05) is 12.4 Å². The van der Waals surface area contributed by atoms with Crippen molar-refractivity contribution in [3.63, 3.8) is 0 Å². The summed E-state index contributed by atoms with van der Waals surface area (Å²) < 4.78 is 4.52. The molecule has 1 aromatic rings. The molecule has 0 aliphatic carbocycles. The highest BCUT2D eigenvalue weighted by molar-refractivity contribution is 9.09. The minimum atomic E-state index is -1.28. The van der Waals surface area contributed by atoms with Gasteiger partial charge in [-0.2, -0.15) is 0 Å². The highest BCUT2D eigenvalue weighted by Crippen LogP contribution is 2.28.